The molecule has 4 rings (SSSR count). The number of para-hydroxylation sites is 1. The first-order valence-electron chi connectivity index (χ1n) is 10.6. The number of nitrogens with one attached hydrogen (secondary N) is 1. The van der Waals surface area contributed by atoms with E-state index >= 15 is 0 Å². The van der Waals surface area contributed by atoms with Crippen LogP contribution in [0.4, 0.5) is 5.69 Å². The van der Waals surface area contributed by atoms with Crippen LogP contribution in [-0.2, 0) is 17.9 Å². The van der Waals surface area contributed by atoms with Crippen molar-refractivity contribution in [2.75, 3.05) is 25.5 Å². The summed E-state index contributed by atoms with van der Waals surface area (Å²) in [5.41, 5.74) is 1.29. The van der Waals surface area contributed by atoms with Crippen LogP contribution in [0.5, 0.6) is 0 Å². The van der Waals surface area contributed by atoms with Gasteiger partial charge in [-0.15, -0.1) is 0 Å². The van der Waals surface area contributed by atoms with Gasteiger partial charge in [0, 0.05) is 31.2 Å². The topological polar surface area (TPSA) is 70.5 Å². The number of halogens is 1. The van der Waals surface area contributed by atoms with Gasteiger partial charge in [0.15, 0.2) is 0 Å². The van der Waals surface area contributed by atoms with Gasteiger partial charge in [-0.25, -0.2) is 4.98 Å². The van der Waals surface area contributed by atoms with Crippen molar-refractivity contribution in [3.63, 3.8) is 0 Å². The summed E-state index contributed by atoms with van der Waals surface area (Å²) in [5, 5.41) is 3.31. The van der Waals surface area contributed by atoms with Gasteiger partial charge in [-0.1, -0.05) is 29.8 Å². The van der Waals surface area contributed by atoms with Crippen molar-refractivity contribution in [2.45, 2.75) is 44.8 Å². The Balaban J connectivity index is 1.35. The van der Waals surface area contributed by atoms with Crippen molar-refractivity contribution >= 4 is 29.1 Å². The van der Waals surface area contributed by atoms with E-state index in [2.05, 4.69) is 29.2 Å². The standard InChI is InChI=1S/C23H28ClN5O2/c1-23(10-6-11-23)27(2)12-5-9-21(30)28-13-14-29-19(15-25-20(29)16-28)22(31)26-18-8-4-3-7-17(18)24/h3-5,7-9,15H,6,10-14,16H2,1-2H3,(H,26,31)/b9-5+. The number of aromatic nitrogens is 2. The third kappa shape index (κ3) is 4.52. The van der Waals surface area contributed by atoms with Crippen LogP contribution >= 0.6 is 11.6 Å². The highest BCUT2D eigenvalue weighted by Gasteiger charge is 2.35. The molecule has 0 radical (unpaired) electrons. The molecular formula is C23H28ClN5O2. The first-order valence-corrected chi connectivity index (χ1v) is 11.0. The summed E-state index contributed by atoms with van der Waals surface area (Å²) < 4.78 is 1.87. The number of benzene rings is 1. The van der Waals surface area contributed by atoms with Gasteiger partial charge in [0.1, 0.15) is 11.5 Å². The maximum Gasteiger partial charge on any atom is 0.273 e. The number of likely N-dealkylation sites (N-methyl/N-ethyl adjacent to an activating group) is 1. The first kappa shape index (κ1) is 21.6. The number of anilines is 1. The van der Waals surface area contributed by atoms with Crippen LogP contribution in [0.3, 0.4) is 0 Å². The minimum Gasteiger partial charge on any atom is -0.330 e. The van der Waals surface area contributed by atoms with Crippen LogP contribution in [0.25, 0.3) is 0 Å². The van der Waals surface area contributed by atoms with E-state index in [1.54, 1.807) is 29.3 Å². The monoisotopic (exact) mass is 441 g/mol. The van der Waals surface area contributed by atoms with Gasteiger partial charge >= 0.3 is 0 Å². The van der Waals surface area contributed by atoms with Gasteiger partial charge in [0.05, 0.1) is 23.5 Å². The Labute approximate surface area is 187 Å². The SMILES string of the molecule is CN(C/C=C/C(=O)N1CCn2c(C(=O)Nc3ccccc3Cl)cnc2C1)C1(C)CCC1. The van der Waals surface area contributed by atoms with Crippen molar-refractivity contribution in [2.24, 2.45) is 0 Å². The fourth-order valence-corrected chi connectivity index (χ4v) is 4.27. The first-order chi connectivity index (χ1) is 14.9. The van der Waals surface area contributed by atoms with Crippen molar-refractivity contribution in [1.29, 1.82) is 0 Å². The number of hydrogen-bond donors (Lipinski definition) is 1. The van der Waals surface area contributed by atoms with E-state index in [1.807, 2.05) is 22.8 Å². The molecule has 0 bridgehead atoms. The Morgan fingerprint density at radius 1 is 1.29 bits per heavy atom. The second kappa shape index (κ2) is 8.85. The maximum absolute atomic E-state index is 12.7. The number of fused-ring (bicyclic) bond motifs is 1. The maximum atomic E-state index is 12.7. The van der Waals surface area contributed by atoms with Gasteiger partial charge in [0.2, 0.25) is 5.91 Å². The van der Waals surface area contributed by atoms with Gasteiger partial charge in [-0.05, 0) is 45.4 Å². The number of nitrogens with zero attached hydrogens (tertiary/aromatic N) is 4. The predicted octanol–water partition coefficient (Wildman–Crippen LogP) is 3.56. The molecule has 1 aliphatic heterocycles. The van der Waals surface area contributed by atoms with Crippen LogP contribution in [0.15, 0.2) is 42.6 Å². The van der Waals surface area contributed by atoms with Crippen LogP contribution in [0.1, 0.15) is 42.5 Å². The summed E-state index contributed by atoms with van der Waals surface area (Å²) in [4.78, 5) is 33.8. The fourth-order valence-electron chi connectivity index (χ4n) is 4.09. The molecule has 1 fully saturated rings. The number of carbonyl (C=O) groups excluding carboxylic acids is 2. The lowest BCUT2D eigenvalue weighted by Gasteiger charge is -2.45. The van der Waals surface area contributed by atoms with E-state index in [0.717, 1.165) is 6.54 Å². The lowest BCUT2D eigenvalue weighted by molar-refractivity contribution is -0.127. The van der Waals surface area contributed by atoms with E-state index in [9.17, 15) is 9.59 Å². The molecule has 0 saturated heterocycles. The van der Waals surface area contributed by atoms with E-state index in [4.69, 9.17) is 11.6 Å². The molecule has 1 saturated carbocycles. The molecule has 1 aliphatic carbocycles. The predicted molar refractivity (Wildman–Crippen MR) is 121 cm³/mol. The Kier molecular flexibility index (Phi) is 6.16. The lowest BCUT2D eigenvalue weighted by Crippen LogP contribution is -2.49. The van der Waals surface area contributed by atoms with Crippen molar-refractivity contribution in [1.82, 2.24) is 19.4 Å². The minimum atomic E-state index is -0.265. The zero-order valence-electron chi connectivity index (χ0n) is 18.0. The average molecular weight is 442 g/mol. The molecule has 0 atom stereocenters. The Morgan fingerprint density at radius 2 is 2.06 bits per heavy atom. The summed E-state index contributed by atoms with van der Waals surface area (Å²) in [7, 11) is 2.11. The molecular weight excluding hydrogens is 414 g/mol. The normalized spacial score (nSPS) is 17.5. The summed E-state index contributed by atoms with van der Waals surface area (Å²) >= 11 is 6.13. The molecule has 2 amide bonds. The fraction of sp³-hybridized carbons (Fsp3) is 0.435. The largest absolute Gasteiger partial charge is 0.330 e. The van der Waals surface area contributed by atoms with E-state index in [0.29, 0.717) is 41.9 Å². The van der Waals surface area contributed by atoms with Crippen LogP contribution in [0.2, 0.25) is 5.02 Å². The van der Waals surface area contributed by atoms with Crippen molar-refractivity contribution < 1.29 is 9.59 Å². The minimum absolute atomic E-state index is 0.0246. The number of rotatable bonds is 6. The second-order valence-corrected chi connectivity index (χ2v) is 8.95. The third-order valence-corrected chi connectivity index (χ3v) is 6.85. The number of carbonyl (C=O) groups is 2. The third-order valence-electron chi connectivity index (χ3n) is 6.52. The molecule has 1 N–H and O–H groups in total. The molecule has 8 heteroatoms. The summed E-state index contributed by atoms with van der Waals surface area (Å²) in [6.45, 7) is 4.48. The zero-order valence-corrected chi connectivity index (χ0v) is 18.7. The number of hydrogen-bond acceptors (Lipinski definition) is 4. The zero-order chi connectivity index (χ0) is 22.0. The van der Waals surface area contributed by atoms with Gasteiger partial charge in [0.25, 0.3) is 5.91 Å². The van der Waals surface area contributed by atoms with Crippen LogP contribution in [-0.4, -0.2) is 56.8 Å². The summed E-state index contributed by atoms with van der Waals surface area (Å²) in [5.74, 6) is 0.416. The molecule has 1 aromatic heterocycles. The molecule has 164 valence electrons. The van der Waals surface area contributed by atoms with Crippen molar-refractivity contribution in [3.8, 4) is 0 Å². The molecule has 2 aromatic rings. The van der Waals surface area contributed by atoms with E-state index < -0.39 is 0 Å². The molecule has 31 heavy (non-hydrogen) atoms. The Bertz CT molecular complexity index is 1010. The van der Waals surface area contributed by atoms with Crippen LogP contribution in [0, 0.1) is 0 Å². The van der Waals surface area contributed by atoms with E-state index in [-0.39, 0.29) is 17.4 Å². The highest BCUT2D eigenvalue weighted by atomic mass is 35.5. The Morgan fingerprint density at radius 3 is 2.77 bits per heavy atom. The summed E-state index contributed by atoms with van der Waals surface area (Å²) in [6, 6.07) is 7.10. The highest BCUT2D eigenvalue weighted by Crippen LogP contribution is 2.36. The van der Waals surface area contributed by atoms with Gasteiger partial charge < -0.3 is 14.8 Å². The Hall–Kier alpha value is -2.64. The molecule has 7 nitrogen and oxygen atoms in total. The summed E-state index contributed by atoms with van der Waals surface area (Å²) in [6.07, 6.45) is 8.86. The molecule has 0 spiro atoms. The van der Waals surface area contributed by atoms with Crippen molar-refractivity contribution in [3.05, 3.63) is 59.2 Å². The number of amides is 2. The molecule has 2 aliphatic rings. The quantitative estimate of drug-likeness (QED) is 0.696. The van der Waals surface area contributed by atoms with Gasteiger partial charge in [-0.3, -0.25) is 14.5 Å². The van der Waals surface area contributed by atoms with Gasteiger partial charge in [-0.2, -0.15) is 0 Å². The lowest BCUT2D eigenvalue weighted by atomic mass is 9.77. The van der Waals surface area contributed by atoms with E-state index in [1.165, 1.54) is 19.3 Å². The average Bonchev–Trinajstić information content (AvgIpc) is 3.16. The highest BCUT2D eigenvalue weighted by molar-refractivity contribution is 6.33. The molecule has 1 aromatic carbocycles. The van der Waals surface area contributed by atoms with Crippen LogP contribution < -0.4 is 5.32 Å². The molecule has 0 unspecified atom stereocenters. The second-order valence-electron chi connectivity index (χ2n) is 8.54. The number of imidazole rings is 1. The smallest absolute Gasteiger partial charge is 0.273 e. The molecule has 2 heterocycles.